The number of piperidine rings is 2. The van der Waals surface area contributed by atoms with E-state index in [2.05, 4.69) is 14.8 Å². The van der Waals surface area contributed by atoms with Crippen LogP contribution in [0.3, 0.4) is 0 Å². The van der Waals surface area contributed by atoms with Crippen molar-refractivity contribution in [3.05, 3.63) is 23.4 Å². The SMILES string of the molecule is O=C1N(C2CCC(O)CC2)CC2C3CCN(c4ncccc4Cl)C[C@@]132. The molecule has 2 aliphatic carbocycles. The summed E-state index contributed by atoms with van der Waals surface area (Å²) in [6.45, 7) is 2.60. The van der Waals surface area contributed by atoms with E-state index < -0.39 is 0 Å². The zero-order chi connectivity index (χ0) is 17.2. The Kier molecular flexibility index (Phi) is 3.55. The van der Waals surface area contributed by atoms with Crippen LogP contribution in [0.2, 0.25) is 5.02 Å². The zero-order valence-corrected chi connectivity index (χ0v) is 15.0. The molecule has 6 heteroatoms. The Balaban J connectivity index is 1.35. The van der Waals surface area contributed by atoms with E-state index in [0.29, 0.717) is 28.8 Å². The van der Waals surface area contributed by atoms with Crippen LogP contribution in [0.5, 0.6) is 0 Å². The van der Waals surface area contributed by atoms with Gasteiger partial charge in [0.1, 0.15) is 5.82 Å². The van der Waals surface area contributed by atoms with Gasteiger partial charge in [-0.25, -0.2) is 4.98 Å². The number of fused-ring (bicyclic) bond motifs is 1. The Morgan fingerprint density at radius 3 is 2.76 bits per heavy atom. The minimum Gasteiger partial charge on any atom is -0.393 e. The van der Waals surface area contributed by atoms with Gasteiger partial charge in [-0.2, -0.15) is 0 Å². The number of hydrogen-bond acceptors (Lipinski definition) is 4. The van der Waals surface area contributed by atoms with Gasteiger partial charge in [-0.1, -0.05) is 11.6 Å². The summed E-state index contributed by atoms with van der Waals surface area (Å²) in [6, 6.07) is 4.04. The minimum atomic E-state index is -0.199. The number of aliphatic hydroxyl groups is 1. The first kappa shape index (κ1) is 15.9. The molecule has 2 saturated carbocycles. The maximum absolute atomic E-state index is 13.3. The molecule has 2 aliphatic heterocycles. The number of aliphatic hydroxyl groups excluding tert-OH is 1. The number of rotatable bonds is 2. The maximum atomic E-state index is 13.3. The third-order valence-corrected chi connectivity index (χ3v) is 7.36. The van der Waals surface area contributed by atoms with Gasteiger partial charge >= 0.3 is 0 Å². The predicted octanol–water partition coefficient (Wildman–Crippen LogP) is 2.32. The molecule has 0 aromatic carbocycles. The number of amides is 1. The average Bonchev–Trinajstić information content (AvgIpc) is 3.19. The average molecular weight is 362 g/mol. The highest BCUT2D eigenvalue weighted by Gasteiger charge is 2.76. The summed E-state index contributed by atoms with van der Waals surface area (Å²) in [4.78, 5) is 22.1. The predicted molar refractivity (Wildman–Crippen MR) is 95.5 cm³/mol. The van der Waals surface area contributed by atoms with Crippen LogP contribution in [0.25, 0.3) is 0 Å². The molecule has 1 aromatic heterocycles. The van der Waals surface area contributed by atoms with E-state index in [1.54, 1.807) is 6.20 Å². The summed E-state index contributed by atoms with van der Waals surface area (Å²) in [5.41, 5.74) is -0.199. The molecular formula is C19H24ClN3O2. The Bertz CT molecular complexity index is 706. The summed E-state index contributed by atoms with van der Waals surface area (Å²) >= 11 is 6.34. The van der Waals surface area contributed by atoms with E-state index in [9.17, 15) is 9.90 Å². The summed E-state index contributed by atoms with van der Waals surface area (Å²) in [7, 11) is 0. The lowest BCUT2D eigenvalue weighted by Crippen LogP contribution is -2.48. The van der Waals surface area contributed by atoms with Crippen molar-refractivity contribution >= 4 is 23.3 Å². The number of nitrogens with zero attached hydrogens (tertiary/aromatic N) is 3. The number of carbonyl (C=O) groups excluding carboxylic acids is 1. The number of aromatic nitrogens is 1. The highest BCUT2D eigenvalue weighted by molar-refractivity contribution is 6.32. The Labute approximate surface area is 153 Å². The fourth-order valence-corrected chi connectivity index (χ4v) is 5.94. The van der Waals surface area contributed by atoms with Crippen LogP contribution in [0.1, 0.15) is 32.1 Å². The number of likely N-dealkylation sites (tertiary alicyclic amines) is 1. The molecule has 25 heavy (non-hydrogen) atoms. The Morgan fingerprint density at radius 1 is 1.20 bits per heavy atom. The summed E-state index contributed by atoms with van der Waals surface area (Å²) in [5.74, 6) is 2.21. The van der Waals surface area contributed by atoms with Crippen molar-refractivity contribution < 1.29 is 9.90 Å². The van der Waals surface area contributed by atoms with E-state index in [1.807, 2.05) is 12.1 Å². The Morgan fingerprint density at radius 2 is 2.00 bits per heavy atom. The third kappa shape index (κ3) is 2.25. The molecule has 3 heterocycles. The van der Waals surface area contributed by atoms with Crippen LogP contribution < -0.4 is 4.90 Å². The first-order valence-electron chi connectivity index (χ1n) is 9.46. The molecule has 134 valence electrons. The van der Waals surface area contributed by atoms with Gasteiger partial charge < -0.3 is 14.9 Å². The Hall–Kier alpha value is -1.33. The fraction of sp³-hybridized carbons (Fsp3) is 0.684. The van der Waals surface area contributed by atoms with E-state index in [-0.39, 0.29) is 11.5 Å². The molecule has 5 rings (SSSR count). The van der Waals surface area contributed by atoms with Crippen LogP contribution in [-0.2, 0) is 4.79 Å². The molecule has 1 amide bonds. The molecule has 1 N–H and O–H groups in total. The van der Waals surface area contributed by atoms with Crippen LogP contribution in [0.15, 0.2) is 18.3 Å². The number of anilines is 1. The summed E-state index contributed by atoms with van der Waals surface area (Å²) in [5, 5.41) is 10.4. The van der Waals surface area contributed by atoms with Crippen molar-refractivity contribution in [2.75, 3.05) is 24.5 Å². The molecule has 3 atom stereocenters. The molecule has 1 spiro atoms. The van der Waals surface area contributed by atoms with E-state index in [1.165, 1.54) is 0 Å². The maximum Gasteiger partial charge on any atom is 0.231 e. The molecule has 5 nitrogen and oxygen atoms in total. The van der Waals surface area contributed by atoms with Gasteiger partial charge in [-0.3, -0.25) is 4.79 Å². The lowest BCUT2D eigenvalue weighted by Gasteiger charge is -2.38. The van der Waals surface area contributed by atoms with Gasteiger partial charge in [0, 0.05) is 31.9 Å². The zero-order valence-electron chi connectivity index (χ0n) is 14.3. The second-order valence-corrected chi connectivity index (χ2v) is 8.60. The van der Waals surface area contributed by atoms with Crippen LogP contribution in [0, 0.1) is 17.3 Å². The second kappa shape index (κ2) is 5.58. The lowest BCUT2D eigenvalue weighted by molar-refractivity contribution is -0.137. The molecule has 2 unspecified atom stereocenters. The lowest BCUT2D eigenvalue weighted by atomic mass is 9.90. The van der Waals surface area contributed by atoms with Crippen LogP contribution in [0.4, 0.5) is 5.82 Å². The van der Waals surface area contributed by atoms with Crippen molar-refractivity contribution in [1.82, 2.24) is 9.88 Å². The van der Waals surface area contributed by atoms with Crippen LogP contribution in [-0.4, -0.2) is 52.7 Å². The topological polar surface area (TPSA) is 56.7 Å². The van der Waals surface area contributed by atoms with Crippen LogP contribution >= 0.6 is 11.6 Å². The van der Waals surface area contributed by atoms with Gasteiger partial charge in [0.05, 0.1) is 16.5 Å². The number of carbonyl (C=O) groups is 1. The summed E-state index contributed by atoms with van der Waals surface area (Å²) in [6.07, 6.45) is 6.18. The fourth-order valence-electron chi connectivity index (χ4n) is 5.70. The van der Waals surface area contributed by atoms with Crippen molar-refractivity contribution in [3.8, 4) is 0 Å². The highest BCUT2D eigenvalue weighted by atomic mass is 35.5. The van der Waals surface area contributed by atoms with Crippen molar-refractivity contribution in [3.63, 3.8) is 0 Å². The van der Waals surface area contributed by atoms with Gasteiger partial charge in [0.2, 0.25) is 5.91 Å². The second-order valence-electron chi connectivity index (χ2n) is 8.19. The number of halogens is 1. The van der Waals surface area contributed by atoms with E-state index in [0.717, 1.165) is 57.6 Å². The first-order chi connectivity index (χ1) is 12.1. The first-order valence-corrected chi connectivity index (χ1v) is 9.83. The minimum absolute atomic E-state index is 0.175. The molecule has 4 aliphatic rings. The smallest absolute Gasteiger partial charge is 0.231 e. The monoisotopic (exact) mass is 361 g/mol. The van der Waals surface area contributed by atoms with Gasteiger partial charge in [0.15, 0.2) is 0 Å². The summed E-state index contributed by atoms with van der Waals surface area (Å²) < 4.78 is 0. The standard InChI is InChI=1S/C19H24ClN3O2/c20-16-2-1-8-21-17(16)22-9-7-14-15-10-23(18(25)19(14,15)11-22)12-3-5-13(24)6-4-12/h1-2,8,12-15,24H,3-7,9-11H2/t12?,13?,14?,15?,19-/m1/s1. The molecule has 4 fully saturated rings. The number of hydrogen-bond donors (Lipinski definition) is 1. The molecule has 0 radical (unpaired) electrons. The highest BCUT2D eigenvalue weighted by Crippen LogP contribution is 2.68. The van der Waals surface area contributed by atoms with Gasteiger partial charge in [-0.15, -0.1) is 0 Å². The van der Waals surface area contributed by atoms with E-state index >= 15 is 0 Å². The van der Waals surface area contributed by atoms with E-state index in [4.69, 9.17) is 11.6 Å². The normalized spacial score (nSPS) is 40.0. The molecular weight excluding hydrogens is 338 g/mol. The largest absolute Gasteiger partial charge is 0.393 e. The number of pyridine rings is 1. The van der Waals surface area contributed by atoms with Gasteiger partial charge in [0.25, 0.3) is 0 Å². The van der Waals surface area contributed by atoms with Crippen molar-refractivity contribution in [2.45, 2.75) is 44.2 Å². The van der Waals surface area contributed by atoms with Crippen molar-refractivity contribution in [2.24, 2.45) is 17.3 Å². The molecule has 0 bridgehead atoms. The van der Waals surface area contributed by atoms with Gasteiger partial charge in [-0.05, 0) is 56.1 Å². The molecule has 2 saturated heterocycles. The molecule has 1 aromatic rings. The van der Waals surface area contributed by atoms with Crippen molar-refractivity contribution in [1.29, 1.82) is 0 Å². The third-order valence-electron chi connectivity index (χ3n) is 7.06. The quantitative estimate of drug-likeness (QED) is 0.878.